The highest BCUT2D eigenvalue weighted by molar-refractivity contribution is 9.10. The molecule has 1 heterocycles. The number of hydrogen-bond acceptors (Lipinski definition) is 5. The predicted molar refractivity (Wildman–Crippen MR) is 86.5 cm³/mol. The molecule has 0 aliphatic rings. The lowest BCUT2D eigenvalue weighted by Crippen LogP contribution is -2.47. The Morgan fingerprint density at radius 3 is 2.81 bits per heavy atom. The molecule has 112 valence electrons. The number of carbonyl (C=O) groups excluding carboxylic acids is 1. The van der Waals surface area contributed by atoms with E-state index >= 15 is 0 Å². The van der Waals surface area contributed by atoms with Crippen LogP contribution in [0.2, 0.25) is 0 Å². The van der Waals surface area contributed by atoms with Crippen LogP contribution in [-0.4, -0.2) is 6.03 Å². The number of thioether (sulfide) groups is 1. The summed E-state index contributed by atoms with van der Waals surface area (Å²) < 4.78 is 6.38. The Morgan fingerprint density at radius 1 is 1.43 bits per heavy atom. The standard InChI is InChI=1S/C13H15BrN4O2S/c1-8-5-6-9(20-8)7-21-12-10(14)3-2-4-11(12)18(16)13(19)17-15/h2-6H,7,15-16H2,1H3,(H,17,19). The molecule has 0 unspecified atom stereocenters. The first-order chi connectivity index (χ1) is 10.0. The van der Waals surface area contributed by atoms with Gasteiger partial charge < -0.3 is 4.42 Å². The molecule has 0 bridgehead atoms. The smallest absolute Gasteiger partial charge is 0.350 e. The van der Waals surface area contributed by atoms with Crippen LogP contribution in [0.5, 0.6) is 0 Å². The van der Waals surface area contributed by atoms with Crippen molar-refractivity contribution in [1.82, 2.24) is 5.43 Å². The molecule has 6 nitrogen and oxygen atoms in total. The van der Waals surface area contributed by atoms with Crippen LogP contribution in [-0.2, 0) is 5.75 Å². The van der Waals surface area contributed by atoms with E-state index in [0.29, 0.717) is 11.4 Å². The van der Waals surface area contributed by atoms with Crippen LogP contribution in [0, 0.1) is 6.92 Å². The third-order valence-electron chi connectivity index (χ3n) is 2.70. The van der Waals surface area contributed by atoms with E-state index in [1.54, 1.807) is 12.1 Å². The molecule has 0 saturated heterocycles. The molecule has 0 saturated carbocycles. The molecule has 0 aliphatic heterocycles. The molecule has 1 aromatic heterocycles. The van der Waals surface area contributed by atoms with Crippen molar-refractivity contribution >= 4 is 39.4 Å². The quantitative estimate of drug-likeness (QED) is 0.332. The van der Waals surface area contributed by atoms with Gasteiger partial charge in [0.1, 0.15) is 11.5 Å². The number of urea groups is 1. The van der Waals surface area contributed by atoms with E-state index in [-0.39, 0.29) is 0 Å². The minimum Gasteiger partial charge on any atom is -0.465 e. The molecule has 1 aromatic carbocycles. The van der Waals surface area contributed by atoms with Gasteiger partial charge in [-0.05, 0) is 47.1 Å². The maximum atomic E-state index is 11.6. The monoisotopic (exact) mass is 370 g/mol. The highest BCUT2D eigenvalue weighted by Crippen LogP contribution is 2.37. The van der Waals surface area contributed by atoms with Crippen LogP contribution >= 0.6 is 27.7 Å². The van der Waals surface area contributed by atoms with E-state index < -0.39 is 6.03 Å². The SMILES string of the molecule is Cc1ccc(CSc2c(Br)cccc2N(N)C(=O)NN)o1. The first kappa shape index (κ1) is 15.9. The number of carbonyl (C=O) groups is 1. The van der Waals surface area contributed by atoms with Crippen molar-refractivity contribution in [1.29, 1.82) is 0 Å². The molecular formula is C13H15BrN4O2S. The summed E-state index contributed by atoms with van der Waals surface area (Å²) in [7, 11) is 0. The Bertz CT molecular complexity index is 647. The largest absolute Gasteiger partial charge is 0.465 e. The van der Waals surface area contributed by atoms with Gasteiger partial charge in [0.2, 0.25) is 0 Å². The van der Waals surface area contributed by atoms with Crippen LogP contribution in [0.25, 0.3) is 0 Å². The minimum atomic E-state index is -0.594. The van der Waals surface area contributed by atoms with Crippen LogP contribution in [0.4, 0.5) is 10.5 Å². The van der Waals surface area contributed by atoms with Crippen LogP contribution in [0.15, 0.2) is 44.1 Å². The molecule has 0 atom stereocenters. The number of nitrogens with two attached hydrogens (primary N) is 2. The number of furan rings is 1. The summed E-state index contributed by atoms with van der Waals surface area (Å²) in [5.74, 6) is 13.2. The van der Waals surface area contributed by atoms with Crippen molar-refractivity contribution < 1.29 is 9.21 Å². The number of hydrazine groups is 2. The lowest BCUT2D eigenvalue weighted by Gasteiger charge is -2.19. The lowest BCUT2D eigenvalue weighted by atomic mass is 10.3. The summed E-state index contributed by atoms with van der Waals surface area (Å²) in [5, 5.41) is 0.973. The molecule has 0 fully saturated rings. The summed E-state index contributed by atoms with van der Waals surface area (Å²) in [6, 6.07) is 8.66. The van der Waals surface area contributed by atoms with E-state index in [9.17, 15) is 4.79 Å². The number of halogens is 1. The number of benzene rings is 1. The average molecular weight is 371 g/mol. The van der Waals surface area contributed by atoms with Gasteiger partial charge in [-0.1, -0.05) is 6.07 Å². The van der Waals surface area contributed by atoms with Gasteiger partial charge >= 0.3 is 6.03 Å². The molecule has 2 aromatic rings. The van der Waals surface area contributed by atoms with Crippen LogP contribution in [0.3, 0.4) is 0 Å². The Hall–Kier alpha value is -1.48. The van der Waals surface area contributed by atoms with Crippen molar-refractivity contribution in [2.75, 3.05) is 5.01 Å². The average Bonchev–Trinajstić information content (AvgIpc) is 2.89. The summed E-state index contributed by atoms with van der Waals surface area (Å²) >= 11 is 4.98. The minimum absolute atomic E-state index is 0.556. The second-order valence-corrected chi connectivity index (χ2v) is 6.05. The number of amides is 2. The van der Waals surface area contributed by atoms with Crippen molar-refractivity contribution in [2.45, 2.75) is 17.6 Å². The molecule has 0 spiro atoms. The van der Waals surface area contributed by atoms with Gasteiger partial charge in [0.05, 0.1) is 11.4 Å². The van der Waals surface area contributed by atoms with Gasteiger partial charge in [-0.2, -0.15) is 0 Å². The van der Waals surface area contributed by atoms with Gasteiger partial charge in [0, 0.05) is 9.37 Å². The van der Waals surface area contributed by atoms with E-state index in [0.717, 1.165) is 25.9 Å². The van der Waals surface area contributed by atoms with Crippen molar-refractivity contribution in [2.24, 2.45) is 11.7 Å². The summed E-state index contributed by atoms with van der Waals surface area (Å²) in [6.07, 6.45) is 0. The van der Waals surface area contributed by atoms with E-state index in [1.807, 2.05) is 30.5 Å². The van der Waals surface area contributed by atoms with Gasteiger partial charge in [-0.25, -0.2) is 21.5 Å². The highest BCUT2D eigenvalue weighted by atomic mass is 79.9. The normalized spacial score (nSPS) is 10.5. The Morgan fingerprint density at radius 2 is 2.19 bits per heavy atom. The van der Waals surface area contributed by atoms with Gasteiger partial charge in [0.15, 0.2) is 0 Å². The Balaban J connectivity index is 2.23. The fraction of sp³-hybridized carbons (Fsp3) is 0.154. The molecule has 5 N–H and O–H groups in total. The zero-order valence-electron chi connectivity index (χ0n) is 11.3. The maximum absolute atomic E-state index is 11.6. The zero-order chi connectivity index (χ0) is 15.4. The molecule has 0 radical (unpaired) electrons. The number of rotatable bonds is 4. The molecule has 2 rings (SSSR count). The van der Waals surface area contributed by atoms with Crippen LogP contribution in [0.1, 0.15) is 11.5 Å². The summed E-state index contributed by atoms with van der Waals surface area (Å²) in [5.41, 5.74) is 2.56. The topological polar surface area (TPSA) is 97.5 Å². The summed E-state index contributed by atoms with van der Waals surface area (Å²) in [4.78, 5) is 12.4. The number of hydrogen-bond donors (Lipinski definition) is 3. The van der Waals surface area contributed by atoms with Crippen LogP contribution < -0.4 is 22.1 Å². The van der Waals surface area contributed by atoms with Gasteiger partial charge in [0.25, 0.3) is 0 Å². The first-order valence-corrected chi connectivity index (χ1v) is 7.83. The number of nitrogens with zero attached hydrogens (tertiary/aromatic N) is 1. The van der Waals surface area contributed by atoms with Gasteiger partial charge in [-0.3, -0.25) is 5.43 Å². The van der Waals surface area contributed by atoms with E-state index in [2.05, 4.69) is 15.9 Å². The molecule has 0 aliphatic carbocycles. The third-order valence-corrected chi connectivity index (χ3v) is 4.77. The fourth-order valence-corrected chi connectivity index (χ4v) is 3.38. The molecule has 21 heavy (non-hydrogen) atoms. The number of nitrogens with one attached hydrogen (secondary N) is 1. The molecule has 8 heteroatoms. The van der Waals surface area contributed by atoms with Crippen molar-refractivity contribution in [3.05, 3.63) is 46.3 Å². The van der Waals surface area contributed by atoms with Crippen molar-refractivity contribution in [3.8, 4) is 0 Å². The molecule has 2 amide bonds. The predicted octanol–water partition coefficient (Wildman–Crippen LogP) is 2.91. The van der Waals surface area contributed by atoms with Gasteiger partial charge in [-0.15, -0.1) is 11.8 Å². The highest BCUT2D eigenvalue weighted by Gasteiger charge is 2.17. The first-order valence-electron chi connectivity index (χ1n) is 6.05. The lowest BCUT2D eigenvalue weighted by molar-refractivity contribution is 0.246. The Labute approximate surface area is 134 Å². The fourth-order valence-electron chi connectivity index (χ4n) is 1.71. The van der Waals surface area contributed by atoms with Crippen molar-refractivity contribution in [3.63, 3.8) is 0 Å². The maximum Gasteiger partial charge on any atom is 0.350 e. The van der Waals surface area contributed by atoms with E-state index in [4.69, 9.17) is 16.1 Å². The Kier molecular flexibility index (Phi) is 5.29. The zero-order valence-corrected chi connectivity index (χ0v) is 13.7. The third kappa shape index (κ3) is 3.79. The number of anilines is 1. The number of aryl methyl sites for hydroxylation is 1. The second kappa shape index (κ2) is 6.99. The van der Waals surface area contributed by atoms with E-state index in [1.165, 1.54) is 11.8 Å². The summed E-state index contributed by atoms with van der Waals surface area (Å²) in [6.45, 7) is 1.89. The second-order valence-electron chi connectivity index (χ2n) is 4.21. The molecular weight excluding hydrogens is 356 g/mol.